The second kappa shape index (κ2) is 11.1. The number of anilines is 1. The van der Waals surface area contributed by atoms with Gasteiger partial charge >= 0.3 is 6.09 Å². The largest absolute Gasteiger partial charge is 0.444 e. The van der Waals surface area contributed by atoms with Crippen molar-refractivity contribution in [2.45, 2.75) is 91.5 Å². The Labute approximate surface area is 214 Å². The second-order valence-corrected chi connectivity index (χ2v) is 10.8. The van der Waals surface area contributed by atoms with E-state index < -0.39 is 23.8 Å². The fraction of sp³-hybridized carbons (Fsp3) is 0.483. The highest BCUT2D eigenvalue weighted by atomic mass is 16.6. The average molecular weight is 494 g/mol. The molecule has 2 unspecified atom stereocenters. The van der Waals surface area contributed by atoms with E-state index >= 15 is 0 Å². The van der Waals surface area contributed by atoms with E-state index in [-0.39, 0.29) is 17.9 Å². The van der Waals surface area contributed by atoms with E-state index in [4.69, 9.17) is 4.74 Å². The van der Waals surface area contributed by atoms with Gasteiger partial charge in [-0.15, -0.1) is 0 Å². The number of ether oxygens (including phenoxy) is 1. The summed E-state index contributed by atoms with van der Waals surface area (Å²) in [5.74, 6) is -0.589. The number of para-hydroxylation sites is 1. The van der Waals surface area contributed by atoms with Crippen molar-refractivity contribution in [3.8, 4) is 0 Å². The summed E-state index contributed by atoms with van der Waals surface area (Å²) in [5, 5.41) is 5.75. The summed E-state index contributed by atoms with van der Waals surface area (Å²) in [7, 11) is 0. The Kier molecular flexibility index (Phi) is 8.43. The van der Waals surface area contributed by atoms with Crippen LogP contribution in [0.2, 0.25) is 0 Å². The summed E-state index contributed by atoms with van der Waals surface area (Å²) in [4.78, 5) is 41.8. The highest BCUT2D eigenvalue weighted by Crippen LogP contribution is 2.35. The van der Waals surface area contributed by atoms with Gasteiger partial charge in [0.05, 0.1) is 0 Å². The Balaban J connectivity index is 1.97. The lowest BCUT2D eigenvalue weighted by atomic mass is 9.88. The Morgan fingerprint density at radius 2 is 1.56 bits per heavy atom. The normalized spacial score (nSPS) is 15.3. The molecule has 36 heavy (non-hydrogen) atoms. The van der Waals surface area contributed by atoms with Crippen LogP contribution in [-0.2, 0) is 14.3 Å². The number of carbonyl (C=O) groups is 3. The maximum Gasteiger partial charge on any atom is 0.408 e. The molecule has 1 fully saturated rings. The number of benzene rings is 2. The van der Waals surface area contributed by atoms with Gasteiger partial charge in [-0.2, -0.15) is 0 Å². The standard InChI is InChI=1S/C29H39N3O4/c1-18-14-16-22(17-15-18)25(26(33)31-24-19(2)10-8-11-20(24)3)32(23-12-9-13-23)27(34)21(4)30-28(35)36-29(5,6)7/h8,10-11,14-17,21,23,25H,9,12-13H2,1-7H3,(H,30,35)(H,31,33). The number of rotatable bonds is 7. The predicted molar refractivity (Wildman–Crippen MR) is 142 cm³/mol. The molecule has 0 aliphatic heterocycles. The van der Waals surface area contributed by atoms with Crippen LogP contribution in [0.1, 0.15) is 75.3 Å². The van der Waals surface area contributed by atoms with E-state index in [0.717, 1.165) is 47.2 Å². The number of nitrogens with zero attached hydrogens (tertiary/aromatic N) is 1. The molecular formula is C29H39N3O4. The van der Waals surface area contributed by atoms with Crippen LogP contribution in [0, 0.1) is 20.8 Å². The Morgan fingerprint density at radius 1 is 0.972 bits per heavy atom. The molecule has 1 aliphatic carbocycles. The number of hydrogen-bond donors (Lipinski definition) is 2. The van der Waals surface area contributed by atoms with Crippen LogP contribution < -0.4 is 10.6 Å². The van der Waals surface area contributed by atoms with Crippen molar-refractivity contribution >= 4 is 23.6 Å². The van der Waals surface area contributed by atoms with Crippen LogP contribution in [0.5, 0.6) is 0 Å². The lowest BCUT2D eigenvalue weighted by Gasteiger charge is -2.43. The lowest BCUT2D eigenvalue weighted by Crippen LogP contribution is -2.56. The van der Waals surface area contributed by atoms with Crippen molar-refractivity contribution in [3.05, 3.63) is 64.7 Å². The van der Waals surface area contributed by atoms with Crippen LogP contribution in [0.15, 0.2) is 42.5 Å². The molecular weight excluding hydrogens is 454 g/mol. The topological polar surface area (TPSA) is 87.7 Å². The van der Waals surface area contributed by atoms with Crippen molar-refractivity contribution < 1.29 is 19.1 Å². The van der Waals surface area contributed by atoms with Gasteiger partial charge in [0.1, 0.15) is 17.7 Å². The molecule has 7 heteroatoms. The van der Waals surface area contributed by atoms with Crippen LogP contribution in [-0.4, -0.2) is 40.5 Å². The number of nitrogens with one attached hydrogen (secondary N) is 2. The number of alkyl carbamates (subject to hydrolysis) is 1. The van der Waals surface area contributed by atoms with E-state index in [2.05, 4.69) is 10.6 Å². The number of aryl methyl sites for hydroxylation is 3. The molecule has 0 heterocycles. The first-order valence-electron chi connectivity index (χ1n) is 12.6. The summed E-state index contributed by atoms with van der Waals surface area (Å²) in [5.41, 5.74) is 3.76. The van der Waals surface area contributed by atoms with E-state index in [1.54, 1.807) is 32.6 Å². The van der Waals surface area contributed by atoms with Crippen molar-refractivity contribution in [2.75, 3.05) is 5.32 Å². The summed E-state index contributed by atoms with van der Waals surface area (Å²) in [6.45, 7) is 12.8. The molecule has 1 aliphatic rings. The smallest absolute Gasteiger partial charge is 0.408 e. The predicted octanol–water partition coefficient (Wildman–Crippen LogP) is 5.59. The molecule has 3 rings (SSSR count). The molecule has 194 valence electrons. The van der Waals surface area contributed by atoms with Crippen molar-refractivity contribution in [1.29, 1.82) is 0 Å². The zero-order valence-electron chi connectivity index (χ0n) is 22.5. The molecule has 1 saturated carbocycles. The fourth-order valence-electron chi connectivity index (χ4n) is 4.34. The number of hydrogen-bond acceptors (Lipinski definition) is 4. The third-order valence-corrected chi connectivity index (χ3v) is 6.48. The van der Waals surface area contributed by atoms with Gasteiger partial charge in [-0.05, 0) is 84.4 Å². The van der Waals surface area contributed by atoms with Crippen molar-refractivity contribution in [2.24, 2.45) is 0 Å². The molecule has 0 spiro atoms. The van der Waals surface area contributed by atoms with Crippen LogP contribution >= 0.6 is 0 Å². The van der Waals surface area contributed by atoms with Crippen molar-refractivity contribution in [3.63, 3.8) is 0 Å². The quantitative estimate of drug-likeness (QED) is 0.527. The van der Waals surface area contributed by atoms with E-state index in [0.29, 0.717) is 0 Å². The third-order valence-electron chi connectivity index (χ3n) is 6.48. The third kappa shape index (κ3) is 6.65. The SMILES string of the molecule is Cc1ccc(C(C(=O)Nc2c(C)cccc2C)N(C(=O)C(C)NC(=O)OC(C)(C)C)C2CCC2)cc1. The second-order valence-electron chi connectivity index (χ2n) is 10.8. The lowest BCUT2D eigenvalue weighted by molar-refractivity contribution is -0.145. The first-order valence-corrected chi connectivity index (χ1v) is 12.6. The molecule has 0 saturated heterocycles. The van der Waals surface area contributed by atoms with Gasteiger partial charge in [-0.1, -0.05) is 48.0 Å². The minimum atomic E-state index is -0.860. The molecule has 2 atom stereocenters. The van der Waals surface area contributed by atoms with Gasteiger partial charge in [0, 0.05) is 11.7 Å². The highest BCUT2D eigenvalue weighted by molar-refractivity contribution is 6.00. The zero-order valence-corrected chi connectivity index (χ0v) is 22.5. The summed E-state index contributed by atoms with van der Waals surface area (Å²) in [6.07, 6.45) is 1.94. The van der Waals surface area contributed by atoms with Crippen molar-refractivity contribution in [1.82, 2.24) is 10.2 Å². The number of carbonyl (C=O) groups excluding carboxylic acids is 3. The van der Waals surface area contributed by atoms with Crippen LogP contribution in [0.3, 0.4) is 0 Å². The molecule has 7 nitrogen and oxygen atoms in total. The maximum atomic E-state index is 13.9. The van der Waals surface area contributed by atoms with Gasteiger partial charge in [-0.3, -0.25) is 9.59 Å². The monoisotopic (exact) mass is 493 g/mol. The summed E-state index contributed by atoms with van der Waals surface area (Å²) < 4.78 is 5.35. The summed E-state index contributed by atoms with van der Waals surface area (Å²) in [6, 6.07) is 11.7. The Bertz CT molecular complexity index is 1080. The molecule has 0 radical (unpaired) electrons. The van der Waals surface area contributed by atoms with E-state index in [1.165, 1.54) is 0 Å². The molecule has 2 aromatic carbocycles. The van der Waals surface area contributed by atoms with Gasteiger partial charge in [-0.25, -0.2) is 4.79 Å². The van der Waals surface area contributed by atoms with Crippen LogP contribution in [0.4, 0.5) is 10.5 Å². The minimum absolute atomic E-state index is 0.0876. The maximum absolute atomic E-state index is 13.9. The minimum Gasteiger partial charge on any atom is -0.444 e. The van der Waals surface area contributed by atoms with Gasteiger partial charge < -0.3 is 20.3 Å². The first-order chi connectivity index (χ1) is 16.9. The zero-order chi connectivity index (χ0) is 26.6. The number of amides is 3. The molecule has 3 amide bonds. The van der Waals surface area contributed by atoms with Gasteiger partial charge in [0.2, 0.25) is 5.91 Å². The van der Waals surface area contributed by atoms with Gasteiger partial charge in [0.25, 0.3) is 5.91 Å². The molecule has 0 aromatic heterocycles. The first kappa shape index (κ1) is 27.2. The Hall–Kier alpha value is -3.35. The van der Waals surface area contributed by atoms with E-state index in [9.17, 15) is 14.4 Å². The van der Waals surface area contributed by atoms with Gasteiger partial charge in [0.15, 0.2) is 0 Å². The van der Waals surface area contributed by atoms with E-state index in [1.807, 2.05) is 63.2 Å². The molecule has 0 bridgehead atoms. The molecule has 2 N–H and O–H groups in total. The highest BCUT2D eigenvalue weighted by Gasteiger charge is 2.41. The van der Waals surface area contributed by atoms with Crippen LogP contribution in [0.25, 0.3) is 0 Å². The average Bonchev–Trinajstić information content (AvgIpc) is 2.74. The molecule has 2 aromatic rings. The Morgan fingerprint density at radius 3 is 2.06 bits per heavy atom. The fourth-order valence-corrected chi connectivity index (χ4v) is 4.34. The summed E-state index contributed by atoms with van der Waals surface area (Å²) >= 11 is 0.